The van der Waals surface area contributed by atoms with Crippen LogP contribution in [0.4, 0.5) is 0 Å². The lowest BCUT2D eigenvalue weighted by molar-refractivity contribution is -0.403. The first-order valence-electron chi connectivity index (χ1n) is 2.64. The van der Waals surface area contributed by atoms with Crippen LogP contribution in [-0.2, 0) is 0 Å². The van der Waals surface area contributed by atoms with Crippen LogP contribution in [0.5, 0.6) is 0 Å². The Morgan fingerprint density at radius 2 is 2.20 bits per heavy atom. The summed E-state index contributed by atoms with van der Waals surface area (Å²) >= 11 is 1.35. The first-order chi connectivity index (χ1) is 4.57. The van der Waals surface area contributed by atoms with Crippen LogP contribution >= 0.6 is 11.8 Å². The molecule has 58 valence electrons. The van der Waals surface area contributed by atoms with Crippen molar-refractivity contribution in [3.63, 3.8) is 0 Å². The largest absolute Gasteiger partial charge is 0.367 e. The van der Waals surface area contributed by atoms with Crippen LogP contribution in [0.15, 0.2) is 11.2 Å². The van der Waals surface area contributed by atoms with Crippen LogP contribution in [0.1, 0.15) is 0 Å². The Hall–Kier alpha value is -0.710. The second-order valence-electron chi connectivity index (χ2n) is 1.85. The summed E-state index contributed by atoms with van der Waals surface area (Å²) in [5, 5.41) is 10.6. The number of rotatable bonds is 3. The molecule has 10 heavy (non-hydrogen) atoms. The Bertz CT molecular complexity index is 156. The van der Waals surface area contributed by atoms with Crippen LogP contribution in [0, 0.1) is 10.1 Å². The molecule has 0 atom stereocenters. The van der Waals surface area contributed by atoms with Gasteiger partial charge in [-0.15, -0.1) is 11.8 Å². The Kier molecular flexibility index (Phi) is 3.87. The summed E-state index contributed by atoms with van der Waals surface area (Å²) in [5.41, 5.74) is 0. The van der Waals surface area contributed by atoms with Crippen LogP contribution in [-0.4, -0.2) is 30.2 Å². The Morgan fingerprint density at radius 1 is 1.70 bits per heavy atom. The number of nitro groups is 1. The van der Waals surface area contributed by atoms with Crippen molar-refractivity contribution in [1.82, 2.24) is 4.90 Å². The SMILES string of the molecule is CSC(=C[N+](=O)[O-])N(C)C. The highest BCUT2D eigenvalue weighted by atomic mass is 32.2. The third-order valence-corrected chi connectivity index (χ3v) is 1.75. The van der Waals surface area contributed by atoms with Gasteiger partial charge in [0.05, 0.1) is 4.92 Å². The molecule has 0 fully saturated rings. The van der Waals surface area contributed by atoms with E-state index in [1.165, 1.54) is 11.8 Å². The molecule has 0 saturated heterocycles. The molecule has 0 amide bonds. The summed E-state index contributed by atoms with van der Waals surface area (Å²) in [6.45, 7) is 0. The smallest absolute Gasteiger partial charge is 0.264 e. The normalized spacial score (nSPS) is 11.3. The lowest BCUT2D eigenvalue weighted by Gasteiger charge is -2.10. The molecule has 0 bridgehead atoms. The van der Waals surface area contributed by atoms with Gasteiger partial charge in [0.25, 0.3) is 6.20 Å². The second kappa shape index (κ2) is 4.16. The quantitative estimate of drug-likeness (QED) is 0.458. The number of hydrogen-bond donors (Lipinski definition) is 0. The molecule has 0 saturated carbocycles. The van der Waals surface area contributed by atoms with Crippen molar-refractivity contribution in [2.75, 3.05) is 20.4 Å². The third kappa shape index (κ3) is 3.34. The van der Waals surface area contributed by atoms with Crippen molar-refractivity contribution < 1.29 is 4.92 Å². The molecule has 0 aromatic rings. The van der Waals surface area contributed by atoms with Gasteiger partial charge in [-0.3, -0.25) is 10.1 Å². The Labute approximate surface area is 64.0 Å². The fourth-order valence-corrected chi connectivity index (χ4v) is 0.998. The van der Waals surface area contributed by atoms with E-state index in [2.05, 4.69) is 0 Å². The van der Waals surface area contributed by atoms with Gasteiger partial charge in [-0.25, -0.2) is 0 Å². The van der Waals surface area contributed by atoms with E-state index in [4.69, 9.17) is 0 Å². The molecule has 0 spiro atoms. The molecule has 0 radical (unpaired) electrons. The van der Waals surface area contributed by atoms with E-state index < -0.39 is 4.92 Å². The molecule has 0 aliphatic heterocycles. The Morgan fingerprint density at radius 3 is 2.30 bits per heavy atom. The summed E-state index contributed by atoms with van der Waals surface area (Å²) in [6.07, 6.45) is 2.79. The van der Waals surface area contributed by atoms with Crippen molar-refractivity contribution >= 4 is 11.8 Å². The molecule has 0 unspecified atom stereocenters. The van der Waals surface area contributed by atoms with Gasteiger partial charge in [-0.05, 0) is 6.26 Å². The van der Waals surface area contributed by atoms with Crippen LogP contribution in [0.3, 0.4) is 0 Å². The molecule has 5 heteroatoms. The van der Waals surface area contributed by atoms with E-state index in [9.17, 15) is 10.1 Å². The molecular formula is C5H10N2O2S. The highest BCUT2D eigenvalue weighted by Gasteiger charge is 2.01. The highest BCUT2D eigenvalue weighted by molar-refractivity contribution is 8.02. The lowest BCUT2D eigenvalue weighted by atomic mass is 10.8. The first kappa shape index (κ1) is 9.29. The fraction of sp³-hybridized carbons (Fsp3) is 0.600. The van der Waals surface area contributed by atoms with E-state index >= 15 is 0 Å². The maximum atomic E-state index is 9.96. The predicted molar refractivity (Wildman–Crippen MR) is 42.3 cm³/mol. The van der Waals surface area contributed by atoms with Crippen LogP contribution in [0.2, 0.25) is 0 Å². The summed E-state index contributed by atoms with van der Waals surface area (Å²) < 4.78 is 0. The molecule has 0 N–H and O–H groups in total. The molecular weight excluding hydrogens is 152 g/mol. The maximum absolute atomic E-state index is 9.96. The zero-order valence-electron chi connectivity index (χ0n) is 6.20. The maximum Gasteiger partial charge on any atom is 0.264 e. The molecule has 0 aromatic heterocycles. The van der Waals surface area contributed by atoms with Crippen LogP contribution < -0.4 is 0 Å². The van der Waals surface area contributed by atoms with Gasteiger partial charge in [0, 0.05) is 14.1 Å². The predicted octanol–water partition coefficient (Wildman–Crippen LogP) is 0.987. The van der Waals surface area contributed by atoms with Gasteiger partial charge in [0.2, 0.25) is 0 Å². The van der Waals surface area contributed by atoms with Gasteiger partial charge in [-0.2, -0.15) is 0 Å². The van der Waals surface area contributed by atoms with Gasteiger partial charge >= 0.3 is 0 Å². The summed E-state index contributed by atoms with van der Waals surface area (Å²) in [7, 11) is 3.54. The number of nitrogens with zero attached hydrogens (tertiary/aromatic N) is 2. The second-order valence-corrected chi connectivity index (χ2v) is 2.68. The standard InChI is InChI=1S/C5H10N2O2S/c1-6(2)5(10-3)4-7(8)9/h4H,1-3H3. The highest BCUT2D eigenvalue weighted by Crippen LogP contribution is 2.12. The van der Waals surface area contributed by atoms with E-state index in [-0.39, 0.29) is 0 Å². The number of hydrogen-bond acceptors (Lipinski definition) is 4. The molecule has 0 heterocycles. The zero-order valence-corrected chi connectivity index (χ0v) is 7.01. The van der Waals surface area contributed by atoms with E-state index in [1.807, 2.05) is 0 Å². The van der Waals surface area contributed by atoms with Crippen molar-refractivity contribution in [2.24, 2.45) is 0 Å². The topological polar surface area (TPSA) is 46.4 Å². The molecule has 0 aromatic carbocycles. The molecule has 0 rings (SSSR count). The van der Waals surface area contributed by atoms with Crippen molar-refractivity contribution in [3.8, 4) is 0 Å². The average Bonchev–Trinajstić information content (AvgIpc) is 1.81. The van der Waals surface area contributed by atoms with E-state index in [1.54, 1.807) is 25.3 Å². The lowest BCUT2D eigenvalue weighted by Crippen LogP contribution is -2.09. The fourth-order valence-electron chi connectivity index (χ4n) is 0.441. The Balaban J connectivity index is 4.18. The van der Waals surface area contributed by atoms with Gasteiger partial charge in [0.15, 0.2) is 0 Å². The van der Waals surface area contributed by atoms with E-state index in [0.29, 0.717) is 5.03 Å². The summed E-state index contributed by atoms with van der Waals surface area (Å²) in [5.74, 6) is 0. The first-order valence-corrected chi connectivity index (χ1v) is 3.87. The van der Waals surface area contributed by atoms with Gasteiger partial charge in [0.1, 0.15) is 5.03 Å². The minimum Gasteiger partial charge on any atom is -0.367 e. The van der Waals surface area contributed by atoms with Gasteiger partial charge in [-0.1, -0.05) is 0 Å². The molecule has 0 aliphatic carbocycles. The average molecular weight is 162 g/mol. The summed E-state index contributed by atoms with van der Waals surface area (Å²) in [6, 6.07) is 0. The monoisotopic (exact) mass is 162 g/mol. The molecule has 4 nitrogen and oxygen atoms in total. The summed E-state index contributed by atoms with van der Waals surface area (Å²) in [4.78, 5) is 11.2. The third-order valence-electron chi connectivity index (χ3n) is 0.866. The minimum absolute atomic E-state index is 0.453. The molecule has 0 aliphatic rings. The van der Waals surface area contributed by atoms with Crippen LogP contribution in [0.25, 0.3) is 0 Å². The van der Waals surface area contributed by atoms with Crippen molar-refractivity contribution in [1.29, 1.82) is 0 Å². The number of thioether (sulfide) groups is 1. The zero-order chi connectivity index (χ0) is 8.15. The van der Waals surface area contributed by atoms with Gasteiger partial charge < -0.3 is 4.90 Å². The van der Waals surface area contributed by atoms with Crippen molar-refractivity contribution in [2.45, 2.75) is 0 Å². The minimum atomic E-state index is -0.453. The van der Waals surface area contributed by atoms with E-state index in [0.717, 1.165) is 6.20 Å². The van der Waals surface area contributed by atoms with Crippen molar-refractivity contribution in [3.05, 3.63) is 21.3 Å².